The quantitative estimate of drug-likeness (QED) is 0.804. The smallest absolute Gasteiger partial charge is 0.160 e. The molecular weight excluding hydrogens is 322 g/mol. The SMILES string of the molecule is CC1(C)Cc2cc(Cl)c(CO)cc2C(=CC(=O)C2CCCCC2)N1. The van der Waals surface area contributed by atoms with Gasteiger partial charge in [0.05, 0.1) is 6.61 Å². The van der Waals surface area contributed by atoms with Gasteiger partial charge in [0.25, 0.3) is 0 Å². The van der Waals surface area contributed by atoms with Crippen LogP contribution < -0.4 is 5.32 Å². The summed E-state index contributed by atoms with van der Waals surface area (Å²) in [5.41, 5.74) is 3.56. The molecule has 0 spiro atoms. The summed E-state index contributed by atoms with van der Waals surface area (Å²) in [5, 5.41) is 13.6. The third-order valence-corrected chi connectivity index (χ3v) is 5.48. The number of hydrogen-bond donors (Lipinski definition) is 2. The Morgan fingerprint density at radius 1 is 1.33 bits per heavy atom. The lowest BCUT2D eigenvalue weighted by molar-refractivity contribution is -0.119. The highest BCUT2D eigenvalue weighted by Gasteiger charge is 2.30. The van der Waals surface area contributed by atoms with Crippen molar-refractivity contribution in [3.63, 3.8) is 0 Å². The largest absolute Gasteiger partial charge is 0.392 e. The van der Waals surface area contributed by atoms with Crippen molar-refractivity contribution in [2.24, 2.45) is 5.92 Å². The zero-order valence-electron chi connectivity index (χ0n) is 14.5. The fourth-order valence-corrected chi connectivity index (χ4v) is 4.14. The van der Waals surface area contributed by atoms with E-state index in [0.29, 0.717) is 10.6 Å². The molecular formula is C20H26ClNO2. The summed E-state index contributed by atoms with van der Waals surface area (Å²) in [4.78, 5) is 12.7. The van der Waals surface area contributed by atoms with E-state index in [1.807, 2.05) is 12.1 Å². The number of nitrogens with one attached hydrogen (secondary N) is 1. The third-order valence-electron chi connectivity index (χ3n) is 5.13. The summed E-state index contributed by atoms with van der Waals surface area (Å²) in [5.74, 6) is 0.382. The molecule has 0 radical (unpaired) electrons. The molecule has 3 rings (SSSR count). The van der Waals surface area contributed by atoms with E-state index < -0.39 is 0 Å². The second kappa shape index (κ2) is 6.89. The number of fused-ring (bicyclic) bond motifs is 1. The molecule has 0 saturated heterocycles. The van der Waals surface area contributed by atoms with Crippen LogP contribution in [0.5, 0.6) is 0 Å². The topological polar surface area (TPSA) is 49.3 Å². The first-order valence-electron chi connectivity index (χ1n) is 8.86. The van der Waals surface area contributed by atoms with Gasteiger partial charge in [0, 0.05) is 33.8 Å². The number of ketones is 1. The Morgan fingerprint density at radius 3 is 2.71 bits per heavy atom. The van der Waals surface area contributed by atoms with E-state index >= 15 is 0 Å². The number of benzene rings is 1. The third kappa shape index (κ3) is 3.68. The van der Waals surface area contributed by atoms with E-state index in [-0.39, 0.29) is 23.8 Å². The molecule has 0 atom stereocenters. The predicted molar refractivity (Wildman–Crippen MR) is 97.9 cm³/mol. The summed E-state index contributed by atoms with van der Waals surface area (Å²) in [7, 11) is 0. The number of carbonyl (C=O) groups is 1. The number of halogens is 1. The van der Waals surface area contributed by atoms with Gasteiger partial charge >= 0.3 is 0 Å². The van der Waals surface area contributed by atoms with Crippen LogP contribution in [0.3, 0.4) is 0 Å². The van der Waals surface area contributed by atoms with Crippen LogP contribution in [-0.4, -0.2) is 16.4 Å². The van der Waals surface area contributed by atoms with Gasteiger partial charge in [-0.1, -0.05) is 30.9 Å². The minimum absolute atomic E-state index is 0.0979. The number of carbonyl (C=O) groups excluding carboxylic acids is 1. The summed E-state index contributed by atoms with van der Waals surface area (Å²) < 4.78 is 0. The molecule has 1 saturated carbocycles. The minimum atomic E-state index is -0.129. The average Bonchev–Trinajstić information content (AvgIpc) is 2.54. The molecule has 1 heterocycles. The highest BCUT2D eigenvalue weighted by molar-refractivity contribution is 6.31. The lowest BCUT2D eigenvalue weighted by Crippen LogP contribution is -2.44. The van der Waals surface area contributed by atoms with Gasteiger partial charge in [-0.05, 0) is 56.4 Å². The summed E-state index contributed by atoms with van der Waals surface area (Å²) in [6.45, 7) is 4.16. The van der Waals surface area contributed by atoms with Gasteiger partial charge in [-0.2, -0.15) is 0 Å². The van der Waals surface area contributed by atoms with Gasteiger partial charge in [0.1, 0.15) is 0 Å². The first kappa shape index (κ1) is 17.5. The second-order valence-electron chi connectivity index (χ2n) is 7.74. The highest BCUT2D eigenvalue weighted by atomic mass is 35.5. The molecule has 0 unspecified atom stereocenters. The van der Waals surface area contributed by atoms with Crippen molar-refractivity contribution in [1.82, 2.24) is 5.32 Å². The van der Waals surface area contributed by atoms with E-state index in [9.17, 15) is 9.90 Å². The zero-order valence-corrected chi connectivity index (χ0v) is 15.2. The summed E-state index contributed by atoms with van der Waals surface area (Å²) >= 11 is 6.26. The minimum Gasteiger partial charge on any atom is -0.392 e. The summed E-state index contributed by atoms with van der Waals surface area (Å²) in [6, 6.07) is 3.85. The molecule has 1 aromatic carbocycles. The Bertz CT molecular complexity index is 672. The number of hydrogen-bond acceptors (Lipinski definition) is 3. The van der Waals surface area contributed by atoms with Crippen LogP contribution >= 0.6 is 11.6 Å². The molecule has 1 aliphatic carbocycles. The van der Waals surface area contributed by atoms with Crippen molar-refractivity contribution in [3.05, 3.63) is 39.9 Å². The van der Waals surface area contributed by atoms with Crippen molar-refractivity contribution in [1.29, 1.82) is 0 Å². The average molecular weight is 348 g/mol. The molecule has 4 heteroatoms. The molecule has 0 aromatic heterocycles. The Balaban J connectivity index is 1.98. The molecule has 3 nitrogen and oxygen atoms in total. The lowest BCUT2D eigenvalue weighted by Gasteiger charge is -2.36. The monoisotopic (exact) mass is 347 g/mol. The maximum atomic E-state index is 12.7. The Labute approximate surface area is 149 Å². The molecule has 0 amide bonds. The Morgan fingerprint density at radius 2 is 2.04 bits per heavy atom. The van der Waals surface area contributed by atoms with Crippen LogP contribution in [0.2, 0.25) is 5.02 Å². The number of aliphatic hydroxyl groups excluding tert-OH is 1. The van der Waals surface area contributed by atoms with Crippen molar-refractivity contribution in [2.75, 3.05) is 0 Å². The van der Waals surface area contributed by atoms with Crippen LogP contribution in [0.15, 0.2) is 18.2 Å². The van der Waals surface area contributed by atoms with E-state index in [2.05, 4.69) is 19.2 Å². The van der Waals surface area contributed by atoms with Crippen LogP contribution in [0.25, 0.3) is 5.70 Å². The normalized spacial score (nSPS) is 22.1. The molecule has 2 aliphatic rings. The fraction of sp³-hybridized carbons (Fsp3) is 0.550. The Kier molecular flexibility index (Phi) is 5.03. The first-order valence-corrected chi connectivity index (χ1v) is 9.24. The number of rotatable bonds is 3. The second-order valence-corrected chi connectivity index (χ2v) is 8.15. The molecule has 2 N–H and O–H groups in total. The van der Waals surface area contributed by atoms with Crippen molar-refractivity contribution in [3.8, 4) is 0 Å². The predicted octanol–water partition coefficient (Wildman–Crippen LogP) is 4.25. The standard InChI is InChI=1S/C20H26ClNO2/c1-20(2)11-14-9-17(21)15(12-23)8-16(14)18(22-20)10-19(24)13-6-4-3-5-7-13/h8-10,13,22-23H,3-7,11-12H2,1-2H3. The first-order chi connectivity index (χ1) is 11.4. The van der Waals surface area contributed by atoms with E-state index in [1.165, 1.54) is 6.42 Å². The lowest BCUT2D eigenvalue weighted by atomic mass is 9.82. The van der Waals surface area contributed by atoms with Crippen molar-refractivity contribution >= 4 is 23.1 Å². The molecule has 1 fully saturated rings. The van der Waals surface area contributed by atoms with Gasteiger partial charge in [-0.3, -0.25) is 4.79 Å². The molecule has 1 aromatic rings. The highest BCUT2D eigenvalue weighted by Crippen LogP contribution is 2.34. The summed E-state index contributed by atoms with van der Waals surface area (Å²) in [6.07, 6.45) is 8.17. The number of allylic oxidation sites excluding steroid dienone is 1. The molecule has 0 bridgehead atoms. The van der Waals surface area contributed by atoms with Crippen LogP contribution in [0, 0.1) is 5.92 Å². The fourth-order valence-electron chi connectivity index (χ4n) is 3.89. The molecule has 24 heavy (non-hydrogen) atoms. The van der Waals surface area contributed by atoms with Crippen LogP contribution in [-0.2, 0) is 17.8 Å². The van der Waals surface area contributed by atoms with Gasteiger partial charge in [-0.25, -0.2) is 0 Å². The van der Waals surface area contributed by atoms with Gasteiger partial charge in [-0.15, -0.1) is 0 Å². The maximum Gasteiger partial charge on any atom is 0.160 e. The van der Waals surface area contributed by atoms with Gasteiger partial charge in [0.15, 0.2) is 5.78 Å². The van der Waals surface area contributed by atoms with Gasteiger partial charge in [0.2, 0.25) is 0 Å². The molecule has 1 aliphatic heterocycles. The van der Waals surface area contributed by atoms with E-state index in [4.69, 9.17) is 11.6 Å². The Hall–Kier alpha value is -1.32. The molecule has 130 valence electrons. The van der Waals surface area contributed by atoms with E-state index in [1.54, 1.807) is 6.08 Å². The number of aliphatic hydroxyl groups is 1. The van der Waals surface area contributed by atoms with Gasteiger partial charge < -0.3 is 10.4 Å². The van der Waals surface area contributed by atoms with Crippen LogP contribution in [0.4, 0.5) is 0 Å². The zero-order chi connectivity index (χ0) is 17.3. The maximum absolute atomic E-state index is 12.7. The van der Waals surface area contributed by atoms with Crippen molar-refractivity contribution < 1.29 is 9.90 Å². The van der Waals surface area contributed by atoms with Crippen molar-refractivity contribution in [2.45, 2.75) is 64.5 Å². The van der Waals surface area contributed by atoms with Crippen LogP contribution in [0.1, 0.15) is 62.6 Å². The van der Waals surface area contributed by atoms with E-state index in [0.717, 1.165) is 48.9 Å².